The number of rotatable bonds is 10. The first kappa shape index (κ1) is 24.0. The number of aliphatic carboxylic acids is 1. The van der Waals surface area contributed by atoms with E-state index in [0.29, 0.717) is 17.9 Å². The Labute approximate surface area is 192 Å². The third-order valence-corrected chi connectivity index (χ3v) is 6.23. The van der Waals surface area contributed by atoms with Gasteiger partial charge >= 0.3 is 5.97 Å². The predicted octanol–water partition coefficient (Wildman–Crippen LogP) is 3.37. The van der Waals surface area contributed by atoms with Gasteiger partial charge < -0.3 is 10.4 Å². The number of hydrogen-bond acceptors (Lipinski definition) is 5. The number of hydrogen-bond donors (Lipinski definition) is 4. The smallest absolute Gasteiger partial charge is 0.321 e. The zero-order valence-corrected chi connectivity index (χ0v) is 18.8. The fourth-order valence-corrected chi connectivity index (χ4v) is 4.09. The number of carbonyl (C=O) groups is 2. The molecular weight excluding hydrogens is 442 g/mol. The number of nitrogens with one attached hydrogen (secondary N) is 3. The highest BCUT2D eigenvalue weighted by molar-refractivity contribution is 7.92. The van der Waals surface area contributed by atoms with Crippen LogP contribution in [0, 0.1) is 6.92 Å². The van der Waals surface area contributed by atoms with E-state index in [1.807, 2.05) is 37.3 Å². The molecule has 0 heterocycles. The van der Waals surface area contributed by atoms with Crippen molar-refractivity contribution in [3.8, 4) is 0 Å². The second-order valence-electron chi connectivity index (χ2n) is 7.51. The maximum Gasteiger partial charge on any atom is 0.321 e. The third-order valence-electron chi connectivity index (χ3n) is 4.84. The van der Waals surface area contributed by atoms with Crippen molar-refractivity contribution in [1.29, 1.82) is 0 Å². The molecule has 0 saturated heterocycles. The van der Waals surface area contributed by atoms with Gasteiger partial charge in [0.15, 0.2) is 0 Å². The number of amides is 1. The third kappa shape index (κ3) is 7.16. The van der Waals surface area contributed by atoms with Crippen LogP contribution in [0.25, 0.3) is 0 Å². The standard InChI is InChI=1S/C24H25N3O5S/c1-17-7-9-20(10-8-17)27-33(31,32)21-13-11-19(12-14-21)26-23(28)15-22(24(29)30)25-16-18-5-3-2-4-6-18/h2-14,22,25,27H,15-16H2,1H3,(H,26,28)(H,29,30). The Bertz CT molecular complexity index is 1200. The van der Waals surface area contributed by atoms with Crippen LogP contribution in [0.15, 0.2) is 83.8 Å². The Morgan fingerprint density at radius 3 is 2.09 bits per heavy atom. The molecular formula is C24H25N3O5S. The summed E-state index contributed by atoms with van der Waals surface area (Å²) in [6, 6.07) is 20.8. The summed E-state index contributed by atoms with van der Waals surface area (Å²) < 4.78 is 27.6. The molecule has 0 radical (unpaired) electrons. The normalized spacial score (nSPS) is 12.0. The van der Waals surface area contributed by atoms with Crippen LogP contribution in [0.4, 0.5) is 11.4 Å². The maximum absolute atomic E-state index is 12.6. The van der Waals surface area contributed by atoms with Gasteiger partial charge in [-0.1, -0.05) is 48.0 Å². The van der Waals surface area contributed by atoms with E-state index >= 15 is 0 Å². The van der Waals surface area contributed by atoms with Crippen LogP contribution in [0.3, 0.4) is 0 Å². The second-order valence-corrected chi connectivity index (χ2v) is 9.19. The van der Waals surface area contributed by atoms with E-state index in [-0.39, 0.29) is 11.3 Å². The first-order valence-corrected chi connectivity index (χ1v) is 11.7. The van der Waals surface area contributed by atoms with Crippen molar-refractivity contribution >= 4 is 33.3 Å². The molecule has 172 valence electrons. The number of anilines is 2. The van der Waals surface area contributed by atoms with Crippen LogP contribution in [0.2, 0.25) is 0 Å². The average Bonchev–Trinajstić information content (AvgIpc) is 2.79. The van der Waals surface area contributed by atoms with Gasteiger partial charge in [-0.2, -0.15) is 0 Å². The largest absolute Gasteiger partial charge is 0.480 e. The van der Waals surface area contributed by atoms with E-state index in [1.54, 1.807) is 24.3 Å². The lowest BCUT2D eigenvalue weighted by molar-refractivity contribution is -0.141. The zero-order valence-electron chi connectivity index (χ0n) is 18.0. The zero-order chi connectivity index (χ0) is 23.8. The van der Waals surface area contributed by atoms with E-state index in [0.717, 1.165) is 11.1 Å². The SMILES string of the molecule is Cc1ccc(NS(=O)(=O)c2ccc(NC(=O)CC(NCc3ccccc3)C(=O)O)cc2)cc1. The fraction of sp³-hybridized carbons (Fsp3) is 0.167. The van der Waals surface area contributed by atoms with Crippen LogP contribution < -0.4 is 15.4 Å². The summed E-state index contributed by atoms with van der Waals surface area (Å²) in [5.74, 6) is -1.64. The molecule has 1 amide bonds. The molecule has 33 heavy (non-hydrogen) atoms. The summed E-state index contributed by atoms with van der Waals surface area (Å²) in [4.78, 5) is 23.9. The Morgan fingerprint density at radius 1 is 0.879 bits per heavy atom. The molecule has 0 aliphatic heterocycles. The molecule has 9 heteroatoms. The monoisotopic (exact) mass is 467 g/mol. The number of carbonyl (C=O) groups excluding carboxylic acids is 1. The van der Waals surface area contributed by atoms with Crippen LogP contribution in [-0.4, -0.2) is 31.4 Å². The van der Waals surface area contributed by atoms with Crippen molar-refractivity contribution in [1.82, 2.24) is 5.32 Å². The minimum absolute atomic E-state index is 0.0361. The topological polar surface area (TPSA) is 125 Å². The van der Waals surface area contributed by atoms with Gasteiger partial charge in [0.05, 0.1) is 11.3 Å². The van der Waals surface area contributed by atoms with E-state index in [9.17, 15) is 23.1 Å². The molecule has 0 bridgehead atoms. The summed E-state index contributed by atoms with van der Waals surface area (Å²) in [6.45, 7) is 2.22. The van der Waals surface area contributed by atoms with E-state index in [1.165, 1.54) is 24.3 Å². The van der Waals surface area contributed by atoms with Crippen molar-refractivity contribution in [3.63, 3.8) is 0 Å². The van der Waals surface area contributed by atoms with Crippen LogP contribution >= 0.6 is 0 Å². The van der Waals surface area contributed by atoms with Gasteiger partial charge in [-0.15, -0.1) is 0 Å². The van der Waals surface area contributed by atoms with E-state index < -0.39 is 27.9 Å². The molecule has 4 N–H and O–H groups in total. The van der Waals surface area contributed by atoms with Crippen molar-refractivity contribution in [2.75, 3.05) is 10.0 Å². The number of aryl methyl sites for hydroxylation is 1. The number of sulfonamides is 1. The minimum atomic E-state index is -3.79. The molecule has 3 rings (SSSR count). The molecule has 8 nitrogen and oxygen atoms in total. The Balaban J connectivity index is 1.58. The quantitative estimate of drug-likeness (QED) is 0.362. The van der Waals surface area contributed by atoms with Gasteiger partial charge in [0, 0.05) is 17.9 Å². The summed E-state index contributed by atoms with van der Waals surface area (Å²) >= 11 is 0. The molecule has 0 aliphatic carbocycles. The Kier molecular flexibility index (Phi) is 7.81. The molecule has 3 aromatic rings. The van der Waals surface area contributed by atoms with Gasteiger partial charge in [-0.3, -0.25) is 19.6 Å². The molecule has 0 spiro atoms. The molecule has 3 aromatic carbocycles. The van der Waals surface area contributed by atoms with Gasteiger partial charge in [0.25, 0.3) is 10.0 Å². The summed E-state index contributed by atoms with van der Waals surface area (Å²) in [7, 11) is -3.79. The van der Waals surface area contributed by atoms with Gasteiger partial charge in [0.1, 0.15) is 6.04 Å². The summed E-state index contributed by atoms with van der Waals surface area (Å²) in [5.41, 5.74) is 2.72. The lowest BCUT2D eigenvalue weighted by Crippen LogP contribution is -2.39. The number of carboxylic acids is 1. The first-order valence-electron chi connectivity index (χ1n) is 10.2. The highest BCUT2D eigenvalue weighted by Gasteiger charge is 2.21. The Hall–Kier alpha value is -3.69. The molecule has 0 saturated carbocycles. The van der Waals surface area contributed by atoms with Gasteiger partial charge in [-0.25, -0.2) is 8.42 Å². The molecule has 1 atom stereocenters. The van der Waals surface area contributed by atoms with Crippen molar-refractivity contribution in [3.05, 3.63) is 90.0 Å². The summed E-state index contributed by atoms with van der Waals surface area (Å²) in [5, 5.41) is 14.9. The Morgan fingerprint density at radius 2 is 1.48 bits per heavy atom. The van der Waals surface area contributed by atoms with Crippen LogP contribution in [0.1, 0.15) is 17.5 Å². The highest BCUT2D eigenvalue weighted by atomic mass is 32.2. The number of benzene rings is 3. The maximum atomic E-state index is 12.6. The highest BCUT2D eigenvalue weighted by Crippen LogP contribution is 2.19. The van der Waals surface area contributed by atoms with E-state index in [4.69, 9.17) is 0 Å². The molecule has 1 unspecified atom stereocenters. The van der Waals surface area contributed by atoms with Gasteiger partial charge in [0.2, 0.25) is 5.91 Å². The molecule has 0 aliphatic rings. The average molecular weight is 468 g/mol. The van der Waals surface area contributed by atoms with Crippen molar-refractivity contribution in [2.45, 2.75) is 30.8 Å². The fourth-order valence-electron chi connectivity index (χ4n) is 3.03. The molecule has 0 aromatic heterocycles. The molecule has 0 fully saturated rings. The van der Waals surface area contributed by atoms with Crippen molar-refractivity contribution < 1.29 is 23.1 Å². The first-order chi connectivity index (χ1) is 15.7. The second kappa shape index (κ2) is 10.8. The lowest BCUT2D eigenvalue weighted by atomic mass is 10.1. The van der Waals surface area contributed by atoms with Crippen molar-refractivity contribution in [2.24, 2.45) is 0 Å². The van der Waals surface area contributed by atoms with Gasteiger partial charge in [-0.05, 0) is 48.9 Å². The van der Waals surface area contributed by atoms with Crippen LogP contribution in [0.5, 0.6) is 0 Å². The van der Waals surface area contributed by atoms with Crippen LogP contribution in [-0.2, 0) is 26.2 Å². The lowest BCUT2D eigenvalue weighted by Gasteiger charge is -2.15. The number of carboxylic acid groups (broad SMARTS) is 1. The predicted molar refractivity (Wildman–Crippen MR) is 126 cm³/mol. The minimum Gasteiger partial charge on any atom is -0.480 e. The van der Waals surface area contributed by atoms with E-state index in [2.05, 4.69) is 15.4 Å². The summed E-state index contributed by atoms with van der Waals surface area (Å²) in [6.07, 6.45) is -0.281.